The van der Waals surface area contributed by atoms with E-state index < -0.39 is 0 Å². The Labute approximate surface area is 103 Å². The molecule has 0 aliphatic carbocycles. The minimum Gasteiger partial charge on any atom is -0.364 e. The van der Waals surface area contributed by atoms with E-state index in [4.69, 9.17) is 4.52 Å². The lowest BCUT2D eigenvalue weighted by molar-refractivity contribution is 0.422. The molecule has 0 saturated carbocycles. The van der Waals surface area contributed by atoms with Crippen LogP contribution < -0.4 is 0 Å². The van der Waals surface area contributed by atoms with E-state index in [-0.39, 0.29) is 12.4 Å². The molecule has 0 aliphatic heterocycles. The van der Waals surface area contributed by atoms with Gasteiger partial charge in [-0.15, -0.1) is 12.4 Å². The molecule has 0 aromatic carbocycles. The Hall–Kier alpha value is -2.21. The highest BCUT2D eigenvalue weighted by Gasteiger charge is 2.09. The predicted molar refractivity (Wildman–Crippen MR) is 62.4 cm³/mol. The molecule has 0 saturated heterocycles. The number of nitrogens with one attached hydrogen (secondary N) is 1. The number of hydrogen-bond acceptors (Lipinski definition) is 5. The Kier molecular flexibility index (Phi) is 3.15. The van der Waals surface area contributed by atoms with Gasteiger partial charge in [0, 0.05) is 12.3 Å². The zero-order valence-electron chi connectivity index (χ0n) is 8.57. The Balaban J connectivity index is 0.00000108. The largest absolute Gasteiger partial charge is 0.364 e. The molecule has 0 atom stereocenters. The van der Waals surface area contributed by atoms with Crippen molar-refractivity contribution in [2.24, 2.45) is 0 Å². The third-order valence-corrected chi connectivity index (χ3v) is 2.06. The van der Waals surface area contributed by atoms with E-state index in [0.717, 1.165) is 5.69 Å². The maximum Gasteiger partial charge on any atom is 0.203 e. The summed E-state index contributed by atoms with van der Waals surface area (Å²) in [6.45, 7) is 0. The van der Waals surface area contributed by atoms with Crippen molar-refractivity contribution < 1.29 is 4.52 Å². The molecule has 6 nitrogen and oxygen atoms in total. The van der Waals surface area contributed by atoms with Crippen molar-refractivity contribution in [3.05, 3.63) is 36.7 Å². The maximum atomic E-state index is 4.72. The number of hydrogen-bond donors (Lipinski definition) is 1. The Morgan fingerprint density at radius 3 is 2.76 bits per heavy atom. The van der Waals surface area contributed by atoms with Gasteiger partial charge >= 0.3 is 0 Å². The Morgan fingerprint density at radius 1 is 1.12 bits per heavy atom. The van der Waals surface area contributed by atoms with Crippen molar-refractivity contribution in [1.29, 1.82) is 0 Å². The molecular weight excluding hydrogens is 242 g/mol. The van der Waals surface area contributed by atoms with Crippen LogP contribution in [0.2, 0.25) is 0 Å². The van der Waals surface area contributed by atoms with Gasteiger partial charge in [0.1, 0.15) is 12.0 Å². The molecule has 3 aromatic heterocycles. The van der Waals surface area contributed by atoms with Gasteiger partial charge in [-0.25, -0.2) is 4.98 Å². The van der Waals surface area contributed by atoms with Crippen LogP contribution in [0, 0.1) is 0 Å². The van der Waals surface area contributed by atoms with Crippen LogP contribution in [-0.4, -0.2) is 25.3 Å². The molecule has 86 valence electrons. The van der Waals surface area contributed by atoms with Crippen molar-refractivity contribution in [1.82, 2.24) is 25.3 Å². The van der Waals surface area contributed by atoms with E-state index in [1.807, 2.05) is 18.2 Å². The van der Waals surface area contributed by atoms with Crippen LogP contribution in [0.15, 0.2) is 41.2 Å². The molecule has 1 N–H and O–H groups in total. The minimum absolute atomic E-state index is 0. The van der Waals surface area contributed by atoms with Gasteiger partial charge in [0.15, 0.2) is 11.5 Å². The Morgan fingerprint density at radius 2 is 2.06 bits per heavy atom. The third-order valence-electron chi connectivity index (χ3n) is 2.06. The van der Waals surface area contributed by atoms with Crippen LogP contribution >= 0.6 is 12.4 Å². The van der Waals surface area contributed by atoms with Gasteiger partial charge in [-0.2, -0.15) is 5.10 Å². The zero-order chi connectivity index (χ0) is 10.8. The van der Waals surface area contributed by atoms with Crippen molar-refractivity contribution in [2.75, 3.05) is 0 Å². The molecule has 3 heterocycles. The minimum atomic E-state index is 0. The van der Waals surface area contributed by atoms with Gasteiger partial charge in [-0.1, -0.05) is 11.2 Å². The molecule has 7 heteroatoms. The summed E-state index contributed by atoms with van der Waals surface area (Å²) < 4.78 is 4.72. The van der Waals surface area contributed by atoms with E-state index in [1.165, 1.54) is 6.26 Å². The zero-order valence-corrected chi connectivity index (χ0v) is 9.39. The second-order valence-corrected chi connectivity index (χ2v) is 3.11. The summed E-state index contributed by atoms with van der Waals surface area (Å²) in [6, 6.07) is 7.29. The third kappa shape index (κ3) is 2.16. The molecule has 0 fully saturated rings. The van der Waals surface area contributed by atoms with E-state index in [9.17, 15) is 0 Å². The standard InChI is InChI=1S/C10H7N5O.ClH/c1-2-5-11-7(3-1)9-12-10(14-13-9)8-4-6-16-15-8;/h1-6H,(H,12,13,14);1H. The Bertz CT molecular complexity index is 578. The molecular formula is C10H8ClN5O. The first-order chi connectivity index (χ1) is 7.93. The number of aromatic nitrogens is 5. The van der Waals surface area contributed by atoms with Crippen LogP contribution in [0.25, 0.3) is 23.0 Å². The van der Waals surface area contributed by atoms with Crippen LogP contribution in [0.1, 0.15) is 0 Å². The molecule has 3 aromatic rings. The maximum absolute atomic E-state index is 4.72. The monoisotopic (exact) mass is 249 g/mol. The molecule has 3 rings (SSSR count). The fourth-order valence-electron chi connectivity index (χ4n) is 1.32. The number of aromatic amines is 1. The van der Waals surface area contributed by atoms with Crippen LogP contribution in [0.3, 0.4) is 0 Å². The molecule has 0 bridgehead atoms. The van der Waals surface area contributed by atoms with E-state index in [2.05, 4.69) is 25.3 Å². The van der Waals surface area contributed by atoms with Gasteiger partial charge in [0.05, 0.1) is 0 Å². The lowest BCUT2D eigenvalue weighted by Gasteiger charge is -1.91. The van der Waals surface area contributed by atoms with Crippen molar-refractivity contribution in [3.63, 3.8) is 0 Å². The molecule has 0 aliphatic rings. The smallest absolute Gasteiger partial charge is 0.203 e. The van der Waals surface area contributed by atoms with Gasteiger partial charge in [-0.05, 0) is 12.1 Å². The highest BCUT2D eigenvalue weighted by molar-refractivity contribution is 5.85. The van der Waals surface area contributed by atoms with Gasteiger partial charge < -0.3 is 4.52 Å². The first-order valence-electron chi connectivity index (χ1n) is 4.68. The highest BCUT2D eigenvalue weighted by Crippen LogP contribution is 2.16. The summed E-state index contributed by atoms with van der Waals surface area (Å²) in [5, 5.41) is 10.6. The summed E-state index contributed by atoms with van der Waals surface area (Å²) in [4.78, 5) is 8.44. The van der Waals surface area contributed by atoms with E-state index >= 15 is 0 Å². The summed E-state index contributed by atoms with van der Waals surface area (Å²) in [5.74, 6) is 1.10. The first-order valence-corrected chi connectivity index (χ1v) is 4.68. The summed E-state index contributed by atoms with van der Waals surface area (Å²) in [6.07, 6.45) is 3.18. The lowest BCUT2D eigenvalue weighted by Crippen LogP contribution is -1.84. The van der Waals surface area contributed by atoms with Crippen LogP contribution in [-0.2, 0) is 0 Å². The number of H-pyrrole nitrogens is 1. The van der Waals surface area contributed by atoms with Crippen LogP contribution in [0.5, 0.6) is 0 Å². The number of nitrogens with zero attached hydrogens (tertiary/aromatic N) is 4. The average molecular weight is 250 g/mol. The molecule has 0 unspecified atom stereocenters. The van der Waals surface area contributed by atoms with Crippen LogP contribution in [0.4, 0.5) is 0 Å². The fourth-order valence-corrected chi connectivity index (χ4v) is 1.32. The van der Waals surface area contributed by atoms with Crippen molar-refractivity contribution >= 4 is 12.4 Å². The molecule has 0 amide bonds. The quantitative estimate of drug-likeness (QED) is 0.751. The van der Waals surface area contributed by atoms with Gasteiger partial charge in [-0.3, -0.25) is 10.1 Å². The normalized spacial score (nSPS) is 9.88. The number of pyridine rings is 1. The second kappa shape index (κ2) is 4.75. The number of halogens is 1. The van der Waals surface area contributed by atoms with Crippen molar-refractivity contribution in [3.8, 4) is 23.0 Å². The van der Waals surface area contributed by atoms with Crippen molar-refractivity contribution in [2.45, 2.75) is 0 Å². The highest BCUT2D eigenvalue weighted by atomic mass is 35.5. The summed E-state index contributed by atoms with van der Waals surface area (Å²) in [7, 11) is 0. The summed E-state index contributed by atoms with van der Waals surface area (Å²) >= 11 is 0. The summed E-state index contributed by atoms with van der Waals surface area (Å²) in [5.41, 5.74) is 1.34. The average Bonchev–Trinajstić information content (AvgIpc) is 3.01. The molecule has 0 radical (unpaired) electrons. The van der Waals surface area contributed by atoms with Gasteiger partial charge in [0.25, 0.3) is 0 Å². The SMILES string of the molecule is Cl.c1ccc(-c2nc(-c3ccon3)n[nH]2)nc1. The fraction of sp³-hybridized carbons (Fsp3) is 0. The van der Waals surface area contributed by atoms with Gasteiger partial charge in [0.2, 0.25) is 5.82 Å². The second-order valence-electron chi connectivity index (χ2n) is 3.11. The van der Waals surface area contributed by atoms with E-state index in [0.29, 0.717) is 17.3 Å². The van der Waals surface area contributed by atoms with E-state index in [1.54, 1.807) is 12.3 Å². The topological polar surface area (TPSA) is 80.5 Å². The first kappa shape index (κ1) is 11.3. The molecule has 0 spiro atoms. The lowest BCUT2D eigenvalue weighted by atomic mass is 10.3. The predicted octanol–water partition coefficient (Wildman–Crippen LogP) is 1.94. The molecule has 17 heavy (non-hydrogen) atoms. The number of rotatable bonds is 2.